The van der Waals surface area contributed by atoms with E-state index in [1.807, 2.05) is 25.1 Å². The molecule has 5 heteroatoms. The van der Waals surface area contributed by atoms with Crippen molar-refractivity contribution >= 4 is 33.5 Å². The van der Waals surface area contributed by atoms with Gasteiger partial charge in [0.1, 0.15) is 5.82 Å². The van der Waals surface area contributed by atoms with Crippen molar-refractivity contribution in [1.82, 2.24) is 4.98 Å². The van der Waals surface area contributed by atoms with E-state index in [9.17, 15) is 0 Å². The molecule has 4 N–H and O–H groups in total. The summed E-state index contributed by atoms with van der Waals surface area (Å²) in [7, 11) is 0. The number of anilines is 1. The Hall–Kier alpha value is -1.04. The maximum Gasteiger partial charge on any atom is 0.128 e. The predicted molar refractivity (Wildman–Crippen MR) is 85.2 cm³/mol. The second-order valence-corrected chi connectivity index (χ2v) is 6.37. The molecule has 100 valence electrons. The van der Waals surface area contributed by atoms with Crippen molar-refractivity contribution < 1.29 is 0 Å². The van der Waals surface area contributed by atoms with Crippen LogP contribution in [-0.4, -0.2) is 10.7 Å². The first-order valence-corrected chi connectivity index (χ1v) is 7.70. The van der Waals surface area contributed by atoms with Gasteiger partial charge in [0, 0.05) is 32.9 Å². The number of benzene rings is 1. The van der Waals surface area contributed by atoms with E-state index in [0.29, 0.717) is 5.82 Å². The van der Waals surface area contributed by atoms with Crippen LogP contribution in [0.25, 0.3) is 0 Å². The Morgan fingerprint density at radius 1 is 1.32 bits per heavy atom. The number of pyridine rings is 1. The first-order valence-electron chi connectivity index (χ1n) is 5.92. The van der Waals surface area contributed by atoms with Crippen molar-refractivity contribution in [2.24, 2.45) is 5.73 Å². The minimum absolute atomic E-state index is 0.110. The highest BCUT2D eigenvalue weighted by molar-refractivity contribution is 9.10. The molecule has 2 aromatic rings. The third-order valence-electron chi connectivity index (χ3n) is 2.73. The summed E-state index contributed by atoms with van der Waals surface area (Å²) >= 11 is 5.14. The molecule has 1 aromatic carbocycles. The molecule has 0 aliphatic rings. The van der Waals surface area contributed by atoms with E-state index in [4.69, 9.17) is 11.5 Å². The topological polar surface area (TPSA) is 64.9 Å². The maximum absolute atomic E-state index is 6.19. The van der Waals surface area contributed by atoms with E-state index in [1.54, 1.807) is 18.0 Å². The van der Waals surface area contributed by atoms with Gasteiger partial charge in [-0.2, -0.15) is 0 Å². The number of nitrogens with two attached hydrogens (primary N) is 2. The molecule has 0 amide bonds. The lowest BCUT2D eigenvalue weighted by atomic mass is 10.1. The zero-order chi connectivity index (χ0) is 13.8. The zero-order valence-electron chi connectivity index (χ0n) is 10.6. The maximum atomic E-state index is 6.19. The number of hydrogen-bond donors (Lipinski definition) is 2. The molecule has 0 radical (unpaired) electrons. The molecule has 0 saturated heterocycles. The normalized spacial score (nSPS) is 12.4. The molecule has 0 aliphatic carbocycles. The van der Waals surface area contributed by atoms with Crippen molar-refractivity contribution in [2.45, 2.75) is 17.9 Å². The lowest BCUT2D eigenvalue weighted by Gasteiger charge is -2.14. The van der Waals surface area contributed by atoms with Crippen molar-refractivity contribution in [3.05, 3.63) is 52.1 Å². The zero-order valence-corrected chi connectivity index (χ0v) is 13.0. The summed E-state index contributed by atoms with van der Waals surface area (Å²) in [5, 5.41) is 0. The summed E-state index contributed by atoms with van der Waals surface area (Å²) < 4.78 is 1.08. The third-order valence-corrected chi connectivity index (χ3v) is 4.39. The number of halogens is 1. The van der Waals surface area contributed by atoms with Crippen LogP contribution in [0.3, 0.4) is 0 Å². The van der Waals surface area contributed by atoms with Gasteiger partial charge in [0.05, 0.1) is 0 Å². The fourth-order valence-electron chi connectivity index (χ4n) is 1.71. The molecule has 1 atom stereocenters. The molecule has 1 unspecified atom stereocenters. The summed E-state index contributed by atoms with van der Waals surface area (Å²) in [4.78, 5) is 5.34. The molecule has 1 aromatic heterocycles. The molecule has 0 bridgehead atoms. The number of rotatable bonds is 4. The van der Waals surface area contributed by atoms with Gasteiger partial charge in [-0.15, -0.1) is 11.8 Å². The SMILES string of the molecule is Cc1cnc(N)c(C(N)CSc2ccc(Br)cc2)c1. The fourth-order valence-corrected chi connectivity index (χ4v) is 2.85. The van der Waals surface area contributed by atoms with Gasteiger partial charge in [0.2, 0.25) is 0 Å². The molecule has 0 aliphatic heterocycles. The molecule has 3 nitrogen and oxygen atoms in total. The summed E-state index contributed by atoms with van der Waals surface area (Å²) in [6.45, 7) is 1.99. The average molecular weight is 338 g/mol. The van der Waals surface area contributed by atoms with Crippen LogP contribution < -0.4 is 11.5 Å². The highest BCUT2D eigenvalue weighted by Crippen LogP contribution is 2.26. The Morgan fingerprint density at radius 3 is 2.68 bits per heavy atom. The van der Waals surface area contributed by atoms with Crippen LogP contribution in [0.2, 0.25) is 0 Å². The number of thioether (sulfide) groups is 1. The summed E-state index contributed by atoms with van der Waals surface area (Å²) in [6.07, 6.45) is 1.76. The van der Waals surface area contributed by atoms with Crippen LogP contribution in [0.5, 0.6) is 0 Å². The second kappa shape index (κ2) is 6.41. The first-order chi connectivity index (χ1) is 9.06. The highest BCUT2D eigenvalue weighted by Gasteiger charge is 2.11. The summed E-state index contributed by atoms with van der Waals surface area (Å²) in [5.74, 6) is 1.30. The fraction of sp³-hybridized carbons (Fsp3) is 0.214. The van der Waals surface area contributed by atoms with E-state index >= 15 is 0 Å². The largest absolute Gasteiger partial charge is 0.383 e. The predicted octanol–water partition coefficient (Wildman–Crippen LogP) is 3.53. The Balaban J connectivity index is 2.03. The monoisotopic (exact) mass is 337 g/mol. The van der Waals surface area contributed by atoms with E-state index in [-0.39, 0.29) is 6.04 Å². The van der Waals surface area contributed by atoms with Crippen molar-refractivity contribution in [2.75, 3.05) is 11.5 Å². The molecule has 2 rings (SSSR count). The quantitative estimate of drug-likeness (QED) is 0.837. The molecule has 19 heavy (non-hydrogen) atoms. The van der Waals surface area contributed by atoms with Gasteiger partial charge in [0.15, 0.2) is 0 Å². The van der Waals surface area contributed by atoms with Gasteiger partial charge >= 0.3 is 0 Å². The van der Waals surface area contributed by atoms with Gasteiger partial charge < -0.3 is 11.5 Å². The molecular formula is C14H16BrN3S. The van der Waals surface area contributed by atoms with Crippen LogP contribution in [0.1, 0.15) is 17.2 Å². The number of nitrogens with zero attached hydrogens (tertiary/aromatic N) is 1. The average Bonchev–Trinajstić information content (AvgIpc) is 2.40. The Kier molecular flexibility index (Phi) is 4.85. The number of hydrogen-bond acceptors (Lipinski definition) is 4. The summed E-state index contributed by atoms with van der Waals surface area (Å²) in [5.41, 5.74) is 14.1. The van der Waals surface area contributed by atoms with Crippen molar-refractivity contribution in [1.29, 1.82) is 0 Å². The van der Waals surface area contributed by atoms with Gasteiger partial charge in [0.25, 0.3) is 0 Å². The number of nitrogen functional groups attached to an aromatic ring is 1. The van der Waals surface area contributed by atoms with Gasteiger partial charge in [-0.25, -0.2) is 4.98 Å². The van der Waals surface area contributed by atoms with Gasteiger partial charge in [-0.3, -0.25) is 0 Å². The summed E-state index contributed by atoms with van der Waals surface area (Å²) in [6, 6.07) is 10.1. The van der Waals surface area contributed by atoms with E-state index < -0.39 is 0 Å². The standard InChI is InChI=1S/C14H16BrN3S/c1-9-6-12(14(17)18-7-9)13(16)8-19-11-4-2-10(15)3-5-11/h2-7,13H,8,16H2,1H3,(H2,17,18). The number of aromatic nitrogens is 1. The Labute approximate surface area is 125 Å². The minimum Gasteiger partial charge on any atom is -0.383 e. The lowest BCUT2D eigenvalue weighted by Crippen LogP contribution is -2.16. The molecule has 0 spiro atoms. The molecular weight excluding hydrogens is 322 g/mol. The van der Waals surface area contributed by atoms with E-state index in [0.717, 1.165) is 21.4 Å². The third kappa shape index (κ3) is 3.96. The van der Waals surface area contributed by atoms with Crippen LogP contribution in [-0.2, 0) is 0 Å². The van der Waals surface area contributed by atoms with Crippen molar-refractivity contribution in [3.8, 4) is 0 Å². The van der Waals surface area contributed by atoms with Gasteiger partial charge in [-0.05, 0) is 42.8 Å². The van der Waals surface area contributed by atoms with E-state index in [1.165, 1.54) is 4.90 Å². The Bertz CT molecular complexity index is 557. The Morgan fingerprint density at radius 2 is 2.00 bits per heavy atom. The molecule has 1 heterocycles. The van der Waals surface area contributed by atoms with Crippen LogP contribution in [0.15, 0.2) is 45.9 Å². The molecule has 0 saturated carbocycles. The van der Waals surface area contributed by atoms with Gasteiger partial charge in [-0.1, -0.05) is 15.9 Å². The smallest absolute Gasteiger partial charge is 0.128 e. The minimum atomic E-state index is -0.110. The number of aryl methyl sites for hydroxylation is 1. The van der Waals surface area contributed by atoms with Crippen LogP contribution in [0.4, 0.5) is 5.82 Å². The van der Waals surface area contributed by atoms with E-state index in [2.05, 4.69) is 33.0 Å². The highest BCUT2D eigenvalue weighted by atomic mass is 79.9. The second-order valence-electron chi connectivity index (χ2n) is 4.36. The van der Waals surface area contributed by atoms with Crippen LogP contribution in [0, 0.1) is 6.92 Å². The lowest BCUT2D eigenvalue weighted by molar-refractivity contribution is 0.826. The van der Waals surface area contributed by atoms with Crippen molar-refractivity contribution in [3.63, 3.8) is 0 Å². The first kappa shape index (κ1) is 14.4. The van der Waals surface area contributed by atoms with Crippen LogP contribution >= 0.6 is 27.7 Å². The molecule has 0 fully saturated rings.